The summed E-state index contributed by atoms with van der Waals surface area (Å²) in [5.41, 5.74) is 0.714. The molecular weight excluding hydrogens is 262 g/mol. The number of piperazine rings is 1. The summed E-state index contributed by atoms with van der Waals surface area (Å²) in [6, 6.07) is 1.96. The van der Waals surface area contributed by atoms with Crippen LogP contribution in [0.3, 0.4) is 0 Å². The number of thiophene rings is 1. The molecule has 0 saturated carbocycles. The summed E-state index contributed by atoms with van der Waals surface area (Å²) in [6.45, 7) is 3.99. The van der Waals surface area contributed by atoms with E-state index in [0.717, 1.165) is 25.2 Å². The van der Waals surface area contributed by atoms with Crippen LogP contribution in [-0.4, -0.2) is 48.4 Å². The van der Waals surface area contributed by atoms with Gasteiger partial charge in [-0.15, -0.1) is 0 Å². The smallest absolute Gasteiger partial charge is 0.246 e. The number of rotatable bonds is 1. The summed E-state index contributed by atoms with van der Waals surface area (Å²) in [6.07, 6.45) is 0.903. The molecule has 2 amide bonds. The molecule has 5 nitrogen and oxygen atoms in total. The Hall–Kier alpha value is -1.40. The molecule has 3 heterocycles. The number of nitrogens with one attached hydrogen (secondary N) is 1. The largest absolute Gasteiger partial charge is 0.325 e. The van der Waals surface area contributed by atoms with Crippen molar-refractivity contribution in [3.05, 3.63) is 16.8 Å². The molecule has 0 aliphatic carbocycles. The fourth-order valence-corrected chi connectivity index (χ4v) is 3.69. The van der Waals surface area contributed by atoms with Crippen molar-refractivity contribution in [2.75, 3.05) is 31.1 Å². The van der Waals surface area contributed by atoms with Gasteiger partial charge in [0, 0.05) is 18.8 Å². The van der Waals surface area contributed by atoms with Gasteiger partial charge in [0.2, 0.25) is 11.8 Å². The Kier molecular flexibility index (Phi) is 3.06. The van der Waals surface area contributed by atoms with E-state index in [4.69, 9.17) is 0 Å². The van der Waals surface area contributed by atoms with E-state index in [-0.39, 0.29) is 23.9 Å². The molecule has 1 spiro atoms. The van der Waals surface area contributed by atoms with Gasteiger partial charge in [0.15, 0.2) is 0 Å². The molecule has 2 fully saturated rings. The quantitative estimate of drug-likeness (QED) is 0.822. The van der Waals surface area contributed by atoms with Crippen molar-refractivity contribution in [2.24, 2.45) is 0 Å². The first-order valence-corrected chi connectivity index (χ1v) is 7.38. The fourth-order valence-electron chi connectivity index (χ4n) is 3.04. The van der Waals surface area contributed by atoms with Gasteiger partial charge in [-0.25, -0.2) is 0 Å². The lowest BCUT2D eigenvalue weighted by Crippen LogP contribution is -2.66. The topological polar surface area (TPSA) is 52.7 Å². The van der Waals surface area contributed by atoms with Crippen LogP contribution < -0.4 is 10.2 Å². The second kappa shape index (κ2) is 4.61. The van der Waals surface area contributed by atoms with Crippen LogP contribution in [-0.2, 0) is 9.59 Å². The lowest BCUT2D eigenvalue weighted by Gasteiger charge is -2.47. The van der Waals surface area contributed by atoms with Crippen molar-refractivity contribution in [3.63, 3.8) is 0 Å². The second-order valence-electron chi connectivity index (χ2n) is 5.22. The van der Waals surface area contributed by atoms with Gasteiger partial charge in [-0.1, -0.05) is 0 Å². The molecule has 0 radical (unpaired) electrons. The molecular formula is C13H17N3O2S. The van der Waals surface area contributed by atoms with Gasteiger partial charge < -0.3 is 15.1 Å². The fraction of sp³-hybridized carbons (Fsp3) is 0.538. The van der Waals surface area contributed by atoms with Crippen LogP contribution in [0.2, 0.25) is 0 Å². The Morgan fingerprint density at radius 1 is 1.53 bits per heavy atom. The molecule has 0 bridgehead atoms. The summed E-state index contributed by atoms with van der Waals surface area (Å²) >= 11 is 1.58. The number of carbonyl (C=O) groups excluding carboxylic acids is 2. The van der Waals surface area contributed by atoms with Crippen LogP contribution >= 0.6 is 11.3 Å². The third-order valence-electron chi connectivity index (χ3n) is 4.04. The predicted octanol–water partition coefficient (Wildman–Crippen LogP) is 0.675. The molecule has 0 aromatic carbocycles. The first-order valence-electron chi connectivity index (χ1n) is 6.44. The maximum absolute atomic E-state index is 12.3. The minimum Gasteiger partial charge on any atom is -0.325 e. The maximum Gasteiger partial charge on any atom is 0.246 e. The van der Waals surface area contributed by atoms with Crippen LogP contribution in [0.15, 0.2) is 16.8 Å². The maximum atomic E-state index is 12.3. The van der Waals surface area contributed by atoms with E-state index in [1.807, 2.05) is 21.7 Å². The molecule has 2 saturated heterocycles. The zero-order valence-electron chi connectivity index (χ0n) is 10.9. The molecule has 1 aromatic heterocycles. The zero-order valence-corrected chi connectivity index (χ0v) is 11.7. The second-order valence-corrected chi connectivity index (χ2v) is 6.00. The Morgan fingerprint density at radius 2 is 2.37 bits per heavy atom. The number of hydrogen-bond acceptors (Lipinski definition) is 4. The van der Waals surface area contributed by atoms with Gasteiger partial charge in [-0.3, -0.25) is 9.59 Å². The Morgan fingerprint density at radius 3 is 2.95 bits per heavy atom. The van der Waals surface area contributed by atoms with E-state index in [0.29, 0.717) is 6.54 Å². The Labute approximate surface area is 116 Å². The molecule has 2 aliphatic rings. The van der Waals surface area contributed by atoms with Gasteiger partial charge in [-0.2, -0.15) is 11.3 Å². The normalized spacial score (nSPS) is 27.3. The lowest BCUT2D eigenvalue weighted by molar-refractivity contribution is -0.142. The highest BCUT2D eigenvalue weighted by atomic mass is 32.1. The minimum absolute atomic E-state index is 0.00567. The molecule has 102 valence electrons. The third kappa shape index (κ3) is 2.04. The lowest BCUT2D eigenvalue weighted by atomic mass is 9.92. The van der Waals surface area contributed by atoms with E-state index in [1.165, 1.54) is 0 Å². The Bertz CT molecular complexity index is 494. The summed E-state index contributed by atoms with van der Waals surface area (Å²) < 4.78 is 0. The Balaban J connectivity index is 1.92. The summed E-state index contributed by atoms with van der Waals surface area (Å²) in [7, 11) is 0. The number of amides is 2. The van der Waals surface area contributed by atoms with E-state index in [1.54, 1.807) is 23.2 Å². The van der Waals surface area contributed by atoms with Gasteiger partial charge in [0.05, 0.1) is 17.8 Å². The first kappa shape index (κ1) is 12.6. The molecule has 19 heavy (non-hydrogen) atoms. The van der Waals surface area contributed by atoms with E-state index >= 15 is 0 Å². The highest BCUT2D eigenvalue weighted by Gasteiger charge is 2.48. The molecule has 0 unspecified atom stereocenters. The van der Waals surface area contributed by atoms with E-state index < -0.39 is 0 Å². The monoisotopic (exact) mass is 279 g/mol. The van der Waals surface area contributed by atoms with Crippen LogP contribution in [0.1, 0.15) is 13.3 Å². The average Bonchev–Trinajstić information content (AvgIpc) is 3.03. The molecule has 1 atom stereocenters. The zero-order chi connectivity index (χ0) is 13.5. The standard InChI is InChI=1S/C13H17N3O2S/c1-10(17)16-6-12(18)15(11-2-5-19-7-11)9-13(16)3-4-14-8-13/h2,5,7,14H,3-4,6,8-9H2,1H3/t13-/m0/s1. The van der Waals surface area contributed by atoms with Crippen LogP contribution in [0.4, 0.5) is 5.69 Å². The molecule has 6 heteroatoms. The van der Waals surface area contributed by atoms with E-state index in [9.17, 15) is 9.59 Å². The average molecular weight is 279 g/mol. The summed E-state index contributed by atoms with van der Waals surface area (Å²) in [5.74, 6) is -0.00635. The van der Waals surface area contributed by atoms with Crippen LogP contribution in [0.25, 0.3) is 0 Å². The van der Waals surface area contributed by atoms with Gasteiger partial charge >= 0.3 is 0 Å². The van der Waals surface area contributed by atoms with Crippen molar-refractivity contribution < 1.29 is 9.59 Å². The van der Waals surface area contributed by atoms with Crippen molar-refractivity contribution in [2.45, 2.75) is 18.9 Å². The van der Waals surface area contributed by atoms with Crippen molar-refractivity contribution in [1.82, 2.24) is 10.2 Å². The molecule has 1 aromatic rings. The summed E-state index contributed by atoms with van der Waals surface area (Å²) in [4.78, 5) is 27.7. The number of carbonyl (C=O) groups is 2. The third-order valence-corrected chi connectivity index (χ3v) is 4.71. The van der Waals surface area contributed by atoms with E-state index in [2.05, 4.69) is 5.32 Å². The van der Waals surface area contributed by atoms with Gasteiger partial charge in [0.1, 0.15) is 6.54 Å². The number of hydrogen-bond donors (Lipinski definition) is 1. The highest BCUT2D eigenvalue weighted by Crippen LogP contribution is 2.32. The summed E-state index contributed by atoms with van der Waals surface area (Å²) in [5, 5.41) is 7.27. The molecule has 3 rings (SSSR count). The predicted molar refractivity (Wildman–Crippen MR) is 74.3 cm³/mol. The van der Waals surface area contributed by atoms with Crippen LogP contribution in [0, 0.1) is 0 Å². The highest BCUT2D eigenvalue weighted by molar-refractivity contribution is 7.08. The number of nitrogens with zero attached hydrogens (tertiary/aromatic N) is 2. The SMILES string of the molecule is CC(=O)N1CC(=O)N(c2ccsc2)C[C@@]12CCNC2. The van der Waals surface area contributed by atoms with Gasteiger partial charge in [0.25, 0.3) is 0 Å². The van der Waals surface area contributed by atoms with Crippen molar-refractivity contribution in [1.29, 1.82) is 0 Å². The van der Waals surface area contributed by atoms with Crippen molar-refractivity contribution >= 4 is 28.8 Å². The minimum atomic E-state index is -0.234. The van der Waals surface area contributed by atoms with Gasteiger partial charge in [-0.05, 0) is 24.4 Å². The molecule has 1 N–H and O–H groups in total. The molecule has 2 aliphatic heterocycles. The number of anilines is 1. The van der Waals surface area contributed by atoms with Crippen molar-refractivity contribution in [3.8, 4) is 0 Å². The first-order chi connectivity index (χ1) is 9.12. The van der Waals surface area contributed by atoms with Crippen LogP contribution in [0.5, 0.6) is 0 Å².